The number of nitrogens with zero attached hydrogens (tertiary/aromatic N) is 1. The van der Waals surface area contributed by atoms with Crippen molar-refractivity contribution in [3.05, 3.63) is 47.5 Å². The van der Waals surface area contributed by atoms with Gasteiger partial charge in [-0.1, -0.05) is 68.5 Å². The molecule has 1 aromatic carbocycles. The summed E-state index contributed by atoms with van der Waals surface area (Å²) < 4.78 is 0. The van der Waals surface area contributed by atoms with Crippen LogP contribution in [0.25, 0.3) is 0 Å². The number of primary amides is 1. The van der Waals surface area contributed by atoms with Gasteiger partial charge in [-0.2, -0.15) is 0 Å². The SMILES string of the molecule is C=C(C)[C@@H]1C[C@@H](C(=O)NC(CC2CCC2)C(=O)C(N)=O)N(C[C@@H](NC(=O)NC2(C(=O)O)CCCC2)C2Cc3ccccc3C2)C1. The van der Waals surface area contributed by atoms with Crippen molar-refractivity contribution in [2.75, 3.05) is 13.1 Å². The van der Waals surface area contributed by atoms with Gasteiger partial charge in [0.25, 0.3) is 5.91 Å². The number of likely N-dealkylation sites (tertiary alicyclic amines) is 1. The van der Waals surface area contributed by atoms with E-state index < -0.39 is 41.3 Å². The molecule has 0 radical (unpaired) electrons. The first kappa shape index (κ1) is 32.7. The van der Waals surface area contributed by atoms with Crippen molar-refractivity contribution >= 4 is 29.6 Å². The van der Waals surface area contributed by atoms with Crippen molar-refractivity contribution in [3.8, 4) is 0 Å². The van der Waals surface area contributed by atoms with Crippen LogP contribution in [0.1, 0.15) is 75.8 Å². The molecule has 4 amide bonds. The topological polar surface area (TPSA) is 171 Å². The van der Waals surface area contributed by atoms with Crippen LogP contribution in [0.3, 0.4) is 0 Å². The van der Waals surface area contributed by atoms with Crippen molar-refractivity contribution in [3.63, 3.8) is 0 Å². The lowest BCUT2D eigenvalue weighted by atomic mass is 9.80. The molecule has 1 saturated heterocycles. The number of nitrogens with two attached hydrogens (primary N) is 1. The minimum atomic E-state index is -1.28. The van der Waals surface area contributed by atoms with Gasteiger partial charge in [0.2, 0.25) is 11.7 Å². The molecule has 1 aliphatic heterocycles. The van der Waals surface area contributed by atoms with Crippen molar-refractivity contribution in [2.45, 2.75) is 101 Å². The van der Waals surface area contributed by atoms with E-state index in [1.54, 1.807) is 0 Å². The summed E-state index contributed by atoms with van der Waals surface area (Å²) in [6, 6.07) is 5.70. The Kier molecular flexibility index (Phi) is 9.96. The Hall–Kier alpha value is -3.73. The zero-order valence-electron chi connectivity index (χ0n) is 26.2. The molecule has 1 unspecified atom stereocenters. The number of hydrogen-bond donors (Lipinski definition) is 5. The number of carboxylic acid groups (broad SMARTS) is 1. The van der Waals surface area contributed by atoms with Crippen LogP contribution in [0.4, 0.5) is 4.79 Å². The van der Waals surface area contributed by atoms with E-state index in [-0.39, 0.29) is 29.7 Å². The van der Waals surface area contributed by atoms with Gasteiger partial charge in [0.1, 0.15) is 5.54 Å². The lowest BCUT2D eigenvalue weighted by Gasteiger charge is -2.34. The second kappa shape index (κ2) is 13.7. The minimum Gasteiger partial charge on any atom is -0.480 e. The summed E-state index contributed by atoms with van der Waals surface area (Å²) in [6.45, 7) is 6.97. The Morgan fingerprint density at radius 2 is 1.69 bits per heavy atom. The van der Waals surface area contributed by atoms with E-state index in [0.717, 1.165) is 50.5 Å². The maximum Gasteiger partial charge on any atom is 0.329 e. The normalized spacial score (nSPS) is 24.2. The summed E-state index contributed by atoms with van der Waals surface area (Å²) in [6.07, 6.45) is 7.59. The van der Waals surface area contributed by atoms with Crippen LogP contribution in [-0.4, -0.2) is 76.4 Å². The average molecular weight is 622 g/mol. The van der Waals surface area contributed by atoms with E-state index in [0.29, 0.717) is 38.8 Å². The summed E-state index contributed by atoms with van der Waals surface area (Å²) in [7, 11) is 0. The molecule has 45 heavy (non-hydrogen) atoms. The molecular formula is C34H47N5O6. The number of carboxylic acids is 1. The van der Waals surface area contributed by atoms with Crippen LogP contribution in [0, 0.1) is 17.8 Å². The third-order valence-corrected chi connectivity index (χ3v) is 10.7. The highest BCUT2D eigenvalue weighted by Gasteiger charge is 2.45. The number of urea groups is 1. The first-order chi connectivity index (χ1) is 21.5. The fraction of sp³-hybridized carbons (Fsp3) is 0.618. The highest BCUT2D eigenvalue weighted by Crippen LogP contribution is 2.34. The van der Waals surface area contributed by atoms with Crippen LogP contribution < -0.4 is 21.7 Å². The van der Waals surface area contributed by atoms with Crippen LogP contribution in [0.15, 0.2) is 36.4 Å². The Labute approximate surface area is 264 Å². The molecule has 0 aromatic heterocycles. The predicted octanol–water partition coefficient (Wildman–Crippen LogP) is 2.46. The summed E-state index contributed by atoms with van der Waals surface area (Å²) in [5.41, 5.74) is 7.44. The van der Waals surface area contributed by atoms with E-state index >= 15 is 0 Å². The van der Waals surface area contributed by atoms with Gasteiger partial charge in [0.15, 0.2) is 0 Å². The molecule has 0 bridgehead atoms. The van der Waals surface area contributed by atoms with Gasteiger partial charge in [-0.3, -0.25) is 19.3 Å². The summed E-state index contributed by atoms with van der Waals surface area (Å²) in [4.78, 5) is 66.0. The van der Waals surface area contributed by atoms with Crippen LogP contribution in [0.2, 0.25) is 0 Å². The number of carbonyl (C=O) groups excluding carboxylic acids is 4. The Morgan fingerprint density at radius 1 is 1.04 bits per heavy atom. The lowest BCUT2D eigenvalue weighted by molar-refractivity contribution is -0.144. The number of aliphatic carboxylic acids is 1. The zero-order chi connectivity index (χ0) is 32.3. The highest BCUT2D eigenvalue weighted by molar-refractivity contribution is 6.37. The lowest BCUT2D eigenvalue weighted by Crippen LogP contribution is -2.60. The van der Waals surface area contributed by atoms with E-state index in [1.807, 2.05) is 24.0 Å². The number of nitrogens with one attached hydrogen (secondary N) is 3. The van der Waals surface area contributed by atoms with Crippen LogP contribution in [0.5, 0.6) is 0 Å². The van der Waals surface area contributed by atoms with Gasteiger partial charge in [-0.25, -0.2) is 9.59 Å². The Morgan fingerprint density at radius 3 is 2.22 bits per heavy atom. The molecule has 4 aliphatic rings. The fourth-order valence-corrected chi connectivity index (χ4v) is 7.70. The van der Waals surface area contributed by atoms with E-state index in [2.05, 4.69) is 34.7 Å². The number of rotatable bonds is 13. The molecule has 1 heterocycles. The maximum atomic E-state index is 13.8. The van der Waals surface area contributed by atoms with E-state index in [4.69, 9.17) is 5.73 Å². The van der Waals surface area contributed by atoms with Crippen molar-refractivity contribution in [1.29, 1.82) is 0 Å². The molecule has 5 rings (SSSR count). The van der Waals surface area contributed by atoms with Gasteiger partial charge in [-0.15, -0.1) is 0 Å². The summed E-state index contributed by atoms with van der Waals surface area (Å²) in [5.74, 6) is -2.87. The maximum absolute atomic E-state index is 13.8. The predicted molar refractivity (Wildman–Crippen MR) is 168 cm³/mol. The van der Waals surface area contributed by atoms with Gasteiger partial charge < -0.3 is 26.8 Å². The Bertz CT molecular complexity index is 1310. The molecule has 11 heteroatoms. The monoisotopic (exact) mass is 621 g/mol. The molecular weight excluding hydrogens is 574 g/mol. The smallest absolute Gasteiger partial charge is 0.329 e. The number of Topliss-reactive ketones (excluding diaryl/α,β-unsaturated/α-hetero) is 1. The second-order valence-electron chi connectivity index (χ2n) is 13.8. The summed E-state index contributed by atoms with van der Waals surface area (Å²) >= 11 is 0. The minimum absolute atomic E-state index is 0.0293. The van der Waals surface area contributed by atoms with Crippen molar-refractivity contribution in [2.24, 2.45) is 23.5 Å². The number of carbonyl (C=O) groups is 5. The molecule has 244 valence electrons. The molecule has 3 aliphatic carbocycles. The number of fused-ring (bicyclic) bond motifs is 1. The number of ketones is 1. The first-order valence-electron chi connectivity index (χ1n) is 16.4. The largest absolute Gasteiger partial charge is 0.480 e. The first-order valence-corrected chi connectivity index (χ1v) is 16.4. The fourth-order valence-electron chi connectivity index (χ4n) is 7.70. The van der Waals surface area contributed by atoms with Gasteiger partial charge in [-0.05, 0) is 74.3 Å². The molecule has 4 atom stereocenters. The van der Waals surface area contributed by atoms with Crippen molar-refractivity contribution in [1.82, 2.24) is 20.9 Å². The Balaban J connectivity index is 1.35. The van der Waals surface area contributed by atoms with Crippen molar-refractivity contribution < 1.29 is 29.1 Å². The van der Waals surface area contributed by atoms with Gasteiger partial charge >= 0.3 is 12.0 Å². The number of hydrogen-bond acceptors (Lipinski definition) is 6. The zero-order valence-corrected chi connectivity index (χ0v) is 26.2. The van der Waals surface area contributed by atoms with Gasteiger partial charge in [0, 0.05) is 19.1 Å². The molecule has 1 aromatic rings. The molecule has 0 spiro atoms. The quantitative estimate of drug-likeness (QED) is 0.166. The number of amides is 4. The molecule has 2 saturated carbocycles. The van der Waals surface area contributed by atoms with Crippen LogP contribution >= 0.6 is 0 Å². The third kappa shape index (κ3) is 7.40. The summed E-state index contributed by atoms with van der Waals surface area (Å²) in [5, 5.41) is 18.7. The molecule has 3 fully saturated rings. The van der Waals surface area contributed by atoms with Crippen LogP contribution in [-0.2, 0) is 32.0 Å². The van der Waals surface area contributed by atoms with E-state index in [9.17, 15) is 29.1 Å². The highest BCUT2D eigenvalue weighted by atomic mass is 16.4. The average Bonchev–Trinajstić information content (AvgIpc) is 3.72. The van der Waals surface area contributed by atoms with E-state index in [1.165, 1.54) is 11.1 Å². The molecule has 11 nitrogen and oxygen atoms in total. The second-order valence-corrected chi connectivity index (χ2v) is 13.8. The standard InChI is InChI=1S/C34H47N5O6/c1-20(2)25-17-28(31(42)36-26(29(40)30(35)41)14-21-8-7-9-21)39(18-25)19-27(24-15-22-10-3-4-11-23(22)16-24)37-33(45)38-34(32(43)44)12-5-6-13-34/h3-4,10-11,21,24-28H,1,5-9,12-19H2,2H3,(H2,35,41)(H,36,42)(H,43,44)(H2,37,38,45)/t25-,26?,27-,28+/m1/s1. The third-order valence-electron chi connectivity index (χ3n) is 10.7. The van der Waals surface area contributed by atoms with Gasteiger partial charge in [0.05, 0.1) is 12.1 Å². The molecule has 6 N–H and O–H groups in total. The number of benzene rings is 1.